The Morgan fingerprint density at radius 2 is 0.759 bits per heavy atom. The number of aromatic nitrogens is 2. The van der Waals surface area contributed by atoms with Gasteiger partial charge in [0, 0.05) is 54.8 Å². The van der Waals surface area contributed by atoms with E-state index in [1.165, 1.54) is 54.4 Å². The van der Waals surface area contributed by atoms with Gasteiger partial charge in [-0.25, -0.2) is 9.98 Å². The van der Waals surface area contributed by atoms with Crippen molar-refractivity contribution in [1.82, 2.24) is 14.5 Å². The van der Waals surface area contributed by atoms with Gasteiger partial charge in [-0.05, 0) is 42.0 Å². The van der Waals surface area contributed by atoms with Crippen LogP contribution in [0.3, 0.4) is 0 Å². The third kappa shape index (κ3) is 4.65. The summed E-state index contributed by atoms with van der Waals surface area (Å²) in [5, 5.41) is 11.0. The van der Waals surface area contributed by atoms with Gasteiger partial charge in [0.1, 0.15) is 11.7 Å². The van der Waals surface area contributed by atoms with Crippen LogP contribution in [-0.2, 0) is 0 Å². The van der Waals surface area contributed by atoms with E-state index >= 15 is 0 Å². The fourth-order valence-corrected chi connectivity index (χ4v) is 8.39. The lowest BCUT2D eigenvalue weighted by Crippen LogP contribution is -2.35. The molecule has 0 unspecified atom stereocenters. The smallest absolute Gasteiger partial charge is 0.169 e. The van der Waals surface area contributed by atoms with Crippen molar-refractivity contribution < 1.29 is 0 Å². The Kier molecular flexibility index (Phi) is 6.85. The number of para-hydroxylation sites is 3. The maximum atomic E-state index is 5.13. The molecule has 254 valence electrons. The van der Waals surface area contributed by atoms with Crippen molar-refractivity contribution >= 4 is 66.1 Å². The molecule has 1 N–H and O–H groups in total. The van der Waals surface area contributed by atoms with Gasteiger partial charge in [0.25, 0.3) is 0 Å². The summed E-state index contributed by atoms with van der Waals surface area (Å²) in [4.78, 5) is 10.3. The fourth-order valence-electron chi connectivity index (χ4n) is 8.39. The van der Waals surface area contributed by atoms with E-state index in [1.807, 2.05) is 36.4 Å². The van der Waals surface area contributed by atoms with Gasteiger partial charge in [0.2, 0.25) is 0 Å². The van der Waals surface area contributed by atoms with E-state index in [1.54, 1.807) is 0 Å². The molecule has 54 heavy (non-hydrogen) atoms. The van der Waals surface area contributed by atoms with E-state index in [0.29, 0.717) is 0 Å². The van der Waals surface area contributed by atoms with Gasteiger partial charge in [0.15, 0.2) is 6.17 Å². The van der Waals surface area contributed by atoms with E-state index < -0.39 is 6.17 Å². The largest absolute Gasteiger partial charge is 0.324 e. The maximum absolute atomic E-state index is 5.13. The highest BCUT2D eigenvalue weighted by Crippen LogP contribution is 2.46. The first-order valence-electron chi connectivity index (χ1n) is 18.4. The third-order valence-corrected chi connectivity index (χ3v) is 10.7. The van der Waals surface area contributed by atoms with Crippen molar-refractivity contribution in [3.63, 3.8) is 0 Å². The SMILES string of the molecule is c1ccc(C2=NC(c3ccc(-n4c5ccccc5c5c6c7ccccc7n(-c7ccccc7)c6c6ccccc6c54)cc3)N=C(c3ccccc3)N2)cc1. The van der Waals surface area contributed by atoms with Gasteiger partial charge < -0.3 is 14.5 Å². The van der Waals surface area contributed by atoms with Gasteiger partial charge in [-0.15, -0.1) is 0 Å². The Morgan fingerprint density at radius 1 is 0.370 bits per heavy atom. The monoisotopic (exact) mass is 691 g/mol. The second kappa shape index (κ2) is 12.2. The number of benzene rings is 8. The lowest BCUT2D eigenvalue weighted by Gasteiger charge is -2.22. The number of nitrogens with zero attached hydrogens (tertiary/aromatic N) is 4. The van der Waals surface area contributed by atoms with Crippen LogP contribution in [0.4, 0.5) is 0 Å². The average Bonchev–Trinajstić information content (AvgIpc) is 3.79. The van der Waals surface area contributed by atoms with Crippen molar-refractivity contribution in [3.8, 4) is 11.4 Å². The minimum atomic E-state index is -0.395. The van der Waals surface area contributed by atoms with Crippen LogP contribution in [0.25, 0.3) is 65.8 Å². The molecule has 1 aliphatic heterocycles. The molecule has 0 aliphatic carbocycles. The summed E-state index contributed by atoms with van der Waals surface area (Å²) in [7, 11) is 0. The molecule has 11 rings (SSSR count). The molecule has 5 nitrogen and oxygen atoms in total. The molecule has 0 saturated carbocycles. The van der Waals surface area contributed by atoms with E-state index in [0.717, 1.165) is 39.7 Å². The lowest BCUT2D eigenvalue weighted by molar-refractivity contribution is 0.755. The quantitative estimate of drug-likeness (QED) is 0.192. The van der Waals surface area contributed by atoms with Gasteiger partial charge >= 0.3 is 0 Å². The number of amidine groups is 2. The Balaban J connectivity index is 1.15. The minimum absolute atomic E-state index is 0.395. The summed E-state index contributed by atoms with van der Waals surface area (Å²) in [5.41, 5.74) is 10.1. The molecular weight excluding hydrogens is 659 g/mol. The minimum Gasteiger partial charge on any atom is -0.324 e. The summed E-state index contributed by atoms with van der Waals surface area (Å²) in [6.07, 6.45) is -0.395. The molecule has 2 aromatic heterocycles. The Bertz CT molecular complexity index is 3040. The number of fused-ring (bicyclic) bond motifs is 10. The molecule has 10 aromatic rings. The third-order valence-electron chi connectivity index (χ3n) is 10.7. The first kappa shape index (κ1) is 30.4. The maximum Gasteiger partial charge on any atom is 0.169 e. The van der Waals surface area contributed by atoms with Crippen LogP contribution in [0.5, 0.6) is 0 Å². The van der Waals surface area contributed by atoms with Crippen LogP contribution < -0.4 is 5.32 Å². The molecule has 0 fully saturated rings. The number of nitrogens with one attached hydrogen (secondary N) is 1. The van der Waals surface area contributed by atoms with Crippen molar-refractivity contribution in [3.05, 3.63) is 205 Å². The fraction of sp³-hybridized carbons (Fsp3) is 0.0204. The first-order valence-corrected chi connectivity index (χ1v) is 18.4. The molecule has 0 spiro atoms. The number of rotatable bonds is 5. The van der Waals surface area contributed by atoms with Crippen molar-refractivity contribution in [2.45, 2.75) is 6.17 Å². The van der Waals surface area contributed by atoms with E-state index in [2.05, 4.69) is 166 Å². The Morgan fingerprint density at radius 3 is 1.24 bits per heavy atom. The summed E-state index contributed by atoms with van der Waals surface area (Å²) in [6.45, 7) is 0. The van der Waals surface area contributed by atoms with Crippen molar-refractivity contribution in [1.29, 1.82) is 0 Å². The zero-order valence-electron chi connectivity index (χ0n) is 29.3. The van der Waals surface area contributed by atoms with Gasteiger partial charge in [-0.3, -0.25) is 0 Å². The average molecular weight is 692 g/mol. The second-order valence-corrected chi connectivity index (χ2v) is 13.8. The lowest BCUT2D eigenvalue weighted by atomic mass is 9.99. The number of hydrogen-bond acceptors (Lipinski definition) is 3. The predicted octanol–water partition coefficient (Wildman–Crippen LogP) is 11.5. The highest BCUT2D eigenvalue weighted by molar-refractivity contribution is 6.37. The van der Waals surface area contributed by atoms with Crippen LogP contribution in [0.15, 0.2) is 198 Å². The Labute approximate surface area is 311 Å². The van der Waals surface area contributed by atoms with Gasteiger partial charge in [-0.1, -0.05) is 152 Å². The van der Waals surface area contributed by atoms with Gasteiger partial charge in [-0.2, -0.15) is 0 Å². The van der Waals surface area contributed by atoms with Crippen molar-refractivity contribution in [2.24, 2.45) is 9.98 Å². The first-order chi connectivity index (χ1) is 26.8. The van der Waals surface area contributed by atoms with Crippen molar-refractivity contribution in [2.75, 3.05) is 0 Å². The van der Waals surface area contributed by atoms with Gasteiger partial charge in [0.05, 0.1) is 22.1 Å². The standard InChI is InChI=1S/C49H33N5/c1-4-16-32(17-5-1)47-50-48(33-18-6-2-7-19-33)52-49(51-47)34-28-30-36(31-29-34)54-42-27-15-13-25-40(42)44-43-39-24-12-14-26-41(39)53(35-20-8-3-9-21-35)45(43)37-22-10-11-23-38(37)46(44)54/h1-31,49H,(H,50,51,52). The highest BCUT2D eigenvalue weighted by Gasteiger charge is 2.25. The van der Waals surface area contributed by atoms with Crippen LogP contribution in [0.1, 0.15) is 22.9 Å². The molecule has 0 bridgehead atoms. The molecule has 1 aliphatic rings. The number of hydrogen-bond donors (Lipinski definition) is 1. The zero-order valence-corrected chi connectivity index (χ0v) is 29.3. The molecular formula is C49H33N5. The molecule has 3 heterocycles. The van der Waals surface area contributed by atoms with E-state index in [4.69, 9.17) is 9.98 Å². The normalized spacial score (nSPS) is 13.5. The number of aliphatic imine (C=N–C) groups is 2. The summed E-state index contributed by atoms with van der Waals surface area (Å²) >= 11 is 0. The summed E-state index contributed by atoms with van der Waals surface area (Å²) in [6, 6.07) is 66.7. The topological polar surface area (TPSA) is 46.6 Å². The molecule has 0 radical (unpaired) electrons. The zero-order chi connectivity index (χ0) is 35.6. The molecule has 0 amide bonds. The predicted molar refractivity (Wildman–Crippen MR) is 224 cm³/mol. The Hall–Kier alpha value is -7.24. The van der Waals surface area contributed by atoms with Crippen LogP contribution in [0.2, 0.25) is 0 Å². The molecule has 0 atom stereocenters. The molecule has 8 aromatic carbocycles. The van der Waals surface area contributed by atoms with E-state index in [-0.39, 0.29) is 0 Å². The van der Waals surface area contributed by atoms with E-state index in [9.17, 15) is 0 Å². The molecule has 0 saturated heterocycles. The summed E-state index contributed by atoms with van der Waals surface area (Å²) in [5.74, 6) is 1.62. The van der Waals surface area contributed by atoms with Crippen LogP contribution in [-0.4, -0.2) is 20.8 Å². The molecule has 5 heteroatoms. The van der Waals surface area contributed by atoms with Crippen LogP contribution in [0, 0.1) is 0 Å². The summed E-state index contributed by atoms with van der Waals surface area (Å²) < 4.78 is 4.89. The second-order valence-electron chi connectivity index (χ2n) is 13.8. The van der Waals surface area contributed by atoms with Crippen LogP contribution >= 0.6 is 0 Å². The highest BCUT2D eigenvalue weighted by atomic mass is 15.2.